The van der Waals surface area contributed by atoms with Crippen molar-refractivity contribution in [2.75, 3.05) is 0 Å². The van der Waals surface area contributed by atoms with E-state index < -0.39 is 0 Å². The minimum Gasteiger partial charge on any atom is -0.387 e. The third-order valence-corrected chi connectivity index (χ3v) is 4.63. The molecule has 2 rings (SSSR count). The van der Waals surface area contributed by atoms with Crippen LogP contribution >= 0.6 is 11.3 Å². The van der Waals surface area contributed by atoms with Crippen molar-refractivity contribution >= 4 is 11.3 Å². The van der Waals surface area contributed by atoms with E-state index in [4.69, 9.17) is 0 Å². The van der Waals surface area contributed by atoms with Gasteiger partial charge in [-0.25, -0.2) is 0 Å². The Kier molecular flexibility index (Phi) is 3.47. The smallest absolute Gasteiger partial charge is 0.0910 e. The van der Waals surface area contributed by atoms with E-state index in [2.05, 4.69) is 26.0 Å². The highest BCUT2D eigenvalue weighted by molar-refractivity contribution is 7.12. The first-order chi connectivity index (χ1) is 7.16. The third kappa shape index (κ3) is 2.61. The minimum absolute atomic E-state index is 0.212. The van der Waals surface area contributed by atoms with E-state index >= 15 is 0 Å². The molecule has 1 aromatic heterocycles. The van der Waals surface area contributed by atoms with Gasteiger partial charge in [0, 0.05) is 9.75 Å². The van der Waals surface area contributed by atoms with Crippen molar-refractivity contribution in [3.05, 3.63) is 21.9 Å². The van der Waals surface area contributed by atoms with Gasteiger partial charge in [0.25, 0.3) is 0 Å². The van der Waals surface area contributed by atoms with Crippen LogP contribution in [-0.4, -0.2) is 5.11 Å². The predicted octanol–water partition coefficient (Wildman–Crippen LogP) is 3.92. The summed E-state index contributed by atoms with van der Waals surface area (Å²) in [5.74, 6) is 1.36. The Bertz CT molecular complexity index is 310. The SMILES string of the molecule is Cc1ccc(C(O)C2CCC(C)CC2)s1. The van der Waals surface area contributed by atoms with E-state index in [0.29, 0.717) is 5.92 Å². The van der Waals surface area contributed by atoms with Gasteiger partial charge in [-0.05, 0) is 43.7 Å². The van der Waals surface area contributed by atoms with E-state index in [0.717, 1.165) is 10.8 Å². The van der Waals surface area contributed by atoms with Gasteiger partial charge in [0.2, 0.25) is 0 Å². The quantitative estimate of drug-likeness (QED) is 0.807. The van der Waals surface area contributed by atoms with Crippen LogP contribution < -0.4 is 0 Å². The average Bonchev–Trinajstić information content (AvgIpc) is 2.65. The van der Waals surface area contributed by atoms with Gasteiger partial charge in [0.1, 0.15) is 0 Å². The standard InChI is InChI=1S/C13H20OS/c1-9-3-6-11(7-4-9)13(14)12-8-5-10(2)15-12/h5,8-9,11,13-14H,3-4,6-7H2,1-2H3. The van der Waals surface area contributed by atoms with Crippen molar-refractivity contribution in [2.24, 2.45) is 11.8 Å². The van der Waals surface area contributed by atoms with E-state index in [9.17, 15) is 5.11 Å². The van der Waals surface area contributed by atoms with Crippen molar-refractivity contribution in [1.82, 2.24) is 0 Å². The summed E-state index contributed by atoms with van der Waals surface area (Å²) in [5.41, 5.74) is 0. The first kappa shape index (κ1) is 11.2. The molecule has 1 aliphatic carbocycles. The highest BCUT2D eigenvalue weighted by Gasteiger charge is 2.26. The molecule has 0 aromatic carbocycles. The zero-order valence-electron chi connectivity index (χ0n) is 9.57. The fourth-order valence-corrected chi connectivity index (χ4v) is 3.40. The van der Waals surface area contributed by atoms with Crippen LogP contribution in [0, 0.1) is 18.8 Å². The molecule has 1 atom stereocenters. The molecule has 0 radical (unpaired) electrons. The summed E-state index contributed by atoms with van der Waals surface area (Å²) in [4.78, 5) is 2.46. The second-order valence-electron chi connectivity index (χ2n) is 4.91. The van der Waals surface area contributed by atoms with Gasteiger partial charge in [0.05, 0.1) is 6.10 Å². The summed E-state index contributed by atoms with van der Waals surface area (Å²) in [6.07, 6.45) is 4.74. The van der Waals surface area contributed by atoms with Gasteiger partial charge in [-0.15, -0.1) is 11.3 Å². The number of aliphatic hydroxyl groups is 1. The third-order valence-electron chi connectivity index (χ3n) is 3.56. The molecule has 1 aliphatic rings. The number of hydrogen-bond acceptors (Lipinski definition) is 2. The highest BCUT2D eigenvalue weighted by atomic mass is 32.1. The molecule has 0 bridgehead atoms. The zero-order valence-corrected chi connectivity index (χ0v) is 10.4. The Morgan fingerprint density at radius 3 is 2.47 bits per heavy atom. The molecule has 1 fully saturated rings. The molecule has 1 N–H and O–H groups in total. The van der Waals surface area contributed by atoms with Gasteiger partial charge < -0.3 is 5.11 Å². The lowest BCUT2D eigenvalue weighted by Gasteiger charge is -2.29. The van der Waals surface area contributed by atoms with Crippen LogP contribution in [0.3, 0.4) is 0 Å². The van der Waals surface area contributed by atoms with E-state index in [-0.39, 0.29) is 6.10 Å². The second-order valence-corrected chi connectivity index (χ2v) is 6.23. The van der Waals surface area contributed by atoms with Gasteiger partial charge in [-0.2, -0.15) is 0 Å². The maximum absolute atomic E-state index is 10.3. The van der Waals surface area contributed by atoms with Gasteiger partial charge in [-0.3, -0.25) is 0 Å². The van der Waals surface area contributed by atoms with Crippen LogP contribution in [0.4, 0.5) is 0 Å². The first-order valence-electron chi connectivity index (χ1n) is 5.91. The van der Waals surface area contributed by atoms with Crippen LogP contribution in [0.15, 0.2) is 12.1 Å². The molecular weight excluding hydrogens is 204 g/mol. The predicted molar refractivity (Wildman–Crippen MR) is 65.1 cm³/mol. The summed E-state index contributed by atoms with van der Waals surface area (Å²) < 4.78 is 0. The summed E-state index contributed by atoms with van der Waals surface area (Å²) in [7, 11) is 0. The monoisotopic (exact) mass is 224 g/mol. The molecule has 15 heavy (non-hydrogen) atoms. The lowest BCUT2D eigenvalue weighted by Crippen LogP contribution is -2.18. The van der Waals surface area contributed by atoms with Crippen molar-refractivity contribution in [3.8, 4) is 0 Å². The van der Waals surface area contributed by atoms with Gasteiger partial charge in [0.15, 0.2) is 0 Å². The normalized spacial score (nSPS) is 29.0. The average molecular weight is 224 g/mol. The zero-order chi connectivity index (χ0) is 10.8. The molecule has 0 spiro atoms. The second kappa shape index (κ2) is 4.67. The van der Waals surface area contributed by atoms with Crippen molar-refractivity contribution in [1.29, 1.82) is 0 Å². The fourth-order valence-electron chi connectivity index (χ4n) is 2.45. The number of rotatable bonds is 2. The van der Waals surface area contributed by atoms with Crippen LogP contribution in [0.25, 0.3) is 0 Å². The summed E-state index contributed by atoms with van der Waals surface area (Å²) in [6.45, 7) is 4.42. The number of aliphatic hydroxyl groups excluding tert-OH is 1. The Balaban J connectivity index is 1.99. The van der Waals surface area contributed by atoms with E-state index in [1.54, 1.807) is 11.3 Å². The fraction of sp³-hybridized carbons (Fsp3) is 0.692. The first-order valence-corrected chi connectivity index (χ1v) is 6.73. The number of thiophene rings is 1. The molecule has 0 aliphatic heterocycles. The summed E-state index contributed by atoms with van der Waals surface area (Å²) >= 11 is 1.74. The topological polar surface area (TPSA) is 20.2 Å². The van der Waals surface area contributed by atoms with Crippen LogP contribution in [-0.2, 0) is 0 Å². The molecule has 84 valence electrons. The minimum atomic E-state index is -0.212. The van der Waals surface area contributed by atoms with E-state index in [1.165, 1.54) is 30.6 Å². The number of hydrogen-bond donors (Lipinski definition) is 1. The maximum Gasteiger partial charge on any atom is 0.0910 e. The molecule has 1 saturated carbocycles. The Morgan fingerprint density at radius 1 is 1.27 bits per heavy atom. The molecule has 0 saturated heterocycles. The Hall–Kier alpha value is -0.340. The largest absolute Gasteiger partial charge is 0.387 e. The molecule has 1 aromatic rings. The highest BCUT2D eigenvalue weighted by Crippen LogP contribution is 2.38. The lowest BCUT2D eigenvalue weighted by atomic mass is 9.80. The van der Waals surface area contributed by atoms with E-state index in [1.807, 2.05) is 0 Å². The summed E-state index contributed by atoms with van der Waals surface area (Å²) in [5, 5.41) is 10.3. The lowest BCUT2D eigenvalue weighted by molar-refractivity contribution is 0.0784. The van der Waals surface area contributed by atoms with Crippen molar-refractivity contribution < 1.29 is 5.11 Å². The number of aryl methyl sites for hydroxylation is 1. The molecule has 1 nitrogen and oxygen atoms in total. The van der Waals surface area contributed by atoms with Gasteiger partial charge >= 0.3 is 0 Å². The van der Waals surface area contributed by atoms with Crippen LogP contribution in [0.5, 0.6) is 0 Å². The Labute approximate surface area is 96.1 Å². The maximum atomic E-state index is 10.3. The van der Waals surface area contributed by atoms with Crippen molar-refractivity contribution in [3.63, 3.8) is 0 Å². The molecule has 1 heterocycles. The molecule has 0 amide bonds. The molecule has 2 heteroatoms. The molecular formula is C13H20OS. The van der Waals surface area contributed by atoms with Crippen molar-refractivity contribution in [2.45, 2.75) is 45.6 Å². The Morgan fingerprint density at radius 2 is 1.93 bits per heavy atom. The summed E-state index contributed by atoms with van der Waals surface area (Å²) in [6, 6.07) is 4.19. The van der Waals surface area contributed by atoms with Crippen LogP contribution in [0.2, 0.25) is 0 Å². The van der Waals surface area contributed by atoms with Gasteiger partial charge in [-0.1, -0.05) is 19.8 Å². The molecule has 1 unspecified atom stereocenters. The van der Waals surface area contributed by atoms with Crippen LogP contribution in [0.1, 0.15) is 48.5 Å².